The average molecular weight is 280 g/mol. The quantitative estimate of drug-likeness (QED) is 0.892. The molecule has 0 fully saturated rings. The molecule has 1 unspecified atom stereocenters. The molecule has 3 rings (SSSR count). The lowest BCUT2D eigenvalue weighted by atomic mass is 9.88. The number of hydrogen-bond donors (Lipinski definition) is 1. The van der Waals surface area contributed by atoms with Gasteiger partial charge in [0, 0.05) is 11.4 Å². The van der Waals surface area contributed by atoms with Gasteiger partial charge in [-0.15, -0.1) is 0 Å². The summed E-state index contributed by atoms with van der Waals surface area (Å²) in [5.74, 6) is 0.609. The van der Waals surface area contributed by atoms with Crippen molar-refractivity contribution >= 4 is 11.4 Å². The monoisotopic (exact) mass is 280 g/mol. The molecule has 0 aromatic heterocycles. The third-order valence-corrected chi connectivity index (χ3v) is 4.31. The first-order valence-electron chi connectivity index (χ1n) is 7.82. The van der Waals surface area contributed by atoms with Gasteiger partial charge in [-0.3, -0.25) is 0 Å². The number of para-hydroxylation sites is 2. The minimum Gasteiger partial charge on any atom is -0.355 e. The largest absolute Gasteiger partial charge is 0.355 e. The van der Waals surface area contributed by atoms with Crippen molar-refractivity contribution in [2.45, 2.75) is 25.2 Å². The molecule has 21 heavy (non-hydrogen) atoms. The van der Waals surface area contributed by atoms with Gasteiger partial charge in [0.15, 0.2) is 0 Å². The third kappa shape index (κ3) is 3.27. The summed E-state index contributed by atoms with van der Waals surface area (Å²) in [6.07, 6.45) is 3.62. The highest BCUT2D eigenvalue weighted by molar-refractivity contribution is 5.69. The summed E-state index contributed by atoms with van der Waals surface area (Å²) in [4.78, 5) is 2.27. The molecule has 2 nitrogen and oxygen atoms in total. The molecule has 0 saturated carbocycles. The standard InChI is InChI=1S/C19H24N2/c1-21(2)13-7-9-15-14-16-8-3-5-11-18(16)20-19-12-6-4-10-17(15)19/h3-6,8,10-12,15,20H,7,9,13-14H2,1-2H3. The molecular weight excluding hydrogens is 256 g/mol. The highest BCUT2D eigenvalue weighted by Crippen LogP contribution is 2.38. The molecule has 0 bridgehead atoms. The topological polar surface area (TPSA) is 15.3 Å². The number of hydrogen-bond acceptors (Lipinski definition) is 2. The zero-order valence-electron chi connectivity index (χ0n) is 13.0. The first-order chi connectivity index (χ1) is 10.2. The van der Waals surface area contributed by atoms with Gasteiger partial charge < -0.3 is 10.2 Å². The molecule has 2 aromatic rings. The fourth-order valence-electron chi connectivity index (χ4n) is 3.22. The molecule has 0 radical (unpaired) electrons. The van der Waals surface area contributed by atoms with Crippen LogP contribution in [-0.4, -0.2) is 25.5 Å². The summed E-state index contributed by atoms with van der Waals surface area (Å²) in [6, 6.07) is 17.5. The van der Waals surface area contributed by atoms with Crippen molar-refractivity contribution in [2.75, 3.05) is 26.0 Å². The Hall–Kier alpha value is -1.80. The minimum absolute atomic E-state index is 0.609. The predicted octanol–water partition coefficient (Wildman–Crippen LogP) is 4.41. The number of nitrogens with one attached hydrogen (secondary N) is 1. The van der Waals surface area contributed by atoms with E-state index in [1.165, 1.54) is 35.3 Å². The summed E-state index contributed by atoms with van der Waals surface area (Å²) < 4.78 is 0. The summed E-state index contributed by atoms with van der Waals surface area (Å²) in [5, 5.41) is 3.62. The maximum atomic E-state index is 3.62. The number of fused-ring (bicyclic) bond motifs is 2. The van der Waals surface area contributed by atoms with Gasteiger partial charge in [0.2, 0.25) is 0 Å². The van der Waals surface area contributed by atoms with Crippen molar-refractivity contribution in [2.24, 2.45) is 0 Å². The highest BCUT2D eigenvalue weighted by atomic mass is 15.0. The lowest BCUT2D eigenvalue weighted by Gasteiger charge is -2.18. The molecule has 2 heteroatoms. The van der Waals surface area contributed by atoms with Crippen molar-refractivity contribution in [1.82, 2.24) is 4.90 Å². The second-order valence-corrected chi connectivity index (χ2v) is 6.22. The molecule has 1 aliphatic heterocycles. The smallest absolute Gasteiger partial charge is 0.0419 e. The molecule has 0 amide bonds. The van der Waals surface area contributed by atoms with E-state index in [2.05, 4.69) is 72.8 Å². The maximum absolute atomic E-state index is 3.62. The zero-order chi connectivity index (χ0) is 14.7. The Balaban J connectivity index is 1.88. The van der Waals surface area contributed by atoms with Crippen LogP contribution in [-0.2, 0) is 6.42 Å². The van der Waals surface area contributed by atoms with Gasteiger partial charge in [-0.05, 0) is 69.1 Å². The van der Waals surface area contributed by atoms with Crippen LogP contribution in [0.15, 0.2) is 48.5 Å². The first kappa shape index (κ1) is 14.2. The van der Waals surface area contributed by atoms with Crippen molar-refractivity contribution < 1.29 is 0 Å². The second-order valence-electron chi connectivity index (χ2n) is 6.22. The van der Waals surface area contributed by atoms with Crippen molar-refractivity contribution in [3.8, 4) is 0 Å². The van der Waals surface area contributed by atoms with E-state index >= 15 is 0 Å². The number of anilines is 2. The van der Waals surface area contributed by atoms with Crippen LogP contribution in [0, 0.1) is 0 Å². The molecule has 0 aliphatic carbocycles. The third-order valence-electron chi connectivity index (χ3n) is 4.31. The molecule has 110 valence electrons. The molecule has 2 aromatic carbocycles. The van der Waals surface area contributed by atoms with Gasteiger partial charge in [0.25, 0.3) is 0 Å². The fraction of sp³-hybridized carbons (Fsp3) is 0.368. The minimum atomic E-state index is 0.609. The Kier molecular flexibility index (Phi) is 4.26. The van der Waals surface area contributed by atoms with Gasteiger partial charge in [0.05, 0.1) is 0 Å². The van der Waals surface area contributed by atoms with Crippen LogP contribution in [0.25, 0.3) is 0 Å². The Morgan fingerprint density at radius 1 is 1.00 bits per heavy atom. The van der Waals surface area contributed by atoms with E-state index in [1.54, 1.807) is 0 Å². The Morgan fingerprint density at radius 2 is 1.71 bits per heavy atom. The van der Waals surface area contributed by atoms with Crippen LogP contribution < -0.4 is 5.32 Å². The molecule has 1 heterocycles. The van der Waals surface area contributed by atoms with Gasteiger partial charge in [0.1, 0.15) is 0 Å². The SMILES string of the molecule is CN(C)CCCC1Cc2ccccc2Nc2ccccc21. The van der Waals surface area contributed by atoms with E-state index in [0.717, 1.165) is 13.0 Å². The number of rotatable bonds is 4. The van der Waals surface area contributed by atoms with Crippen LogP contribution >= 0.6 is 0 Å². The predicted molar refractivity (Wildman–Crippen MR) is 90.4 cm³/mol. The van der Waals surface area contributed by atoms with E-state index in [-0.39, 0.29) is 0 Å². The van der Waals surface area contributed by atoms with Gasteiger partial charge >= 0.3 is 0 Å². The summed E-state index contributed by atoms with van der Waals surface area (Å²) in [6.45, 7) is 1.16. The Morgan fingerprint density at radius 3 is 2.52 bits per heavy atom. The molecule has 1 aliphatic rings. The van der Waals surface area contributed by atoms with Crippen LogP contribution in [0.3, 0.4) is 0 Å². The molecular formula is C19H24N2. The normalized spacial score (nSPS) is 16.8. The van der Waals surface area contributed by atoms with Crippen molar-refractivity contribution in [3.63, 3.8) is 0 Å². The van der Waals surface area contributed by atoms with E-state index in [9.17, 15) is 0 Å². The highest BCUT2D eigenvalue weighted by Gasteiger charge is 2.21. The summed E-state index contributed by atoms with van der Waals surface area (Å²) in [7, 11) is 4.30. The van der Waals surface area contributed by atoms with Crippen LogP contribution in [0.1, 0.15) is 29.9 Å². The average Bonchev–Trinajstić information content (AvgIpc) is 2.63. The molecule has 0 spiro atoms. The number of nitrogens with zero attached hydrogens (tertiary/aromatic N) is 1. The first-order valence-corrected chi connectivity index (χ1v) is 7.82. The Labute approximate surface area is 127 Å². The Bertz CT molecular complexity index is 604. The van der Waals surface area contributed by atoms with Gasteiger partial charge in [-0.25, -0.2) is 0 Å². The van der Waals surface area contributed by atoms with Crippen LogP contribution in [0.4, 0.5) is 11.4 Å². The molecule has 0 saturated heterocycles. The van der Waals surface area contributed by atoms with E-state index in [4.69, 9.17) is 0 Å². The summed E-state index contributed by atoms with van der Waals surface area (Å²) in [5.41, 5.74) is 5.44. The van der Waals surface area contributed by atoms with Crippen molar-refractivity contribution in [3.05, 3.63) is 59.7 Å². The maximum Gasteiger partial charge on any atom is 0.0419 e. The lowest BCUT2D eigenvalue weighted by molar-refractivity contribution is 0.384. The second kappa shape index (κ2) is 6.31. The fourth-order valence-corrected chi connectivity index (χ4v) is 3.22. The van der Waals surface area contributed by atoms with Crippen LogP contribution in [0.5, 0.6) is 0 Å². The zero-order valence-corrected chi connectivity index (χ0v) is 13.0. The number of benzene rings is 2. The molecule has 1 N–H and O–H groups in total. The van der Waals surface area contributed by atoms with E-state index in [1.807, 2.05) is 0 Å². The van der Waals surface area contributed by atoms with Gasteiger partial charge in [-0.1, -0.05) is 36.4 Å². The van der Waals surface area contributed by atoms with Crippen LogP contribution in [0.2, 0.25) is 0 Å². The summed E-state index contributed by atoms with van der Waals surface area (Å²) >= 11 is 0. The van der Waals surface area contributed by atoms with Gasteiger partial charge in [-0.2, -0.15) is 0 Å². The van der Waals surface area contributed by atoms with E-state index in [0.29, 0.717) is 5.92 Å². The van der Waals surface area contributed by atoms with Crippen molar-refractivity contribution in [1.29, 1.82) is 0 Å². The molecule has 1 atom stereocenters. The lowest BCUT2D eigenvalue weighted by Crippen LogP contribution is -2.14. The van der Waals surface area contributed by atoms with E-state index < -0.39 is 0 Å².